The van der Waals surface area contributed by atoms with E-state index in [9.17, 15) is 4.39 Å². The number of pyridine rings is 1. The van der Waals surface area contributed by atoms with E-state index in [2.05, 4.69) is 20.5 Å². The van der Waals surface area contributed by atoms with E-state index in [0.717, 1.165) is 22.6 Å². The quantitative estimate of drug-likeness (QED) is 0.564. The fourth-order valence-corrected chi connectivity index (χ4v) is 2.54. The minimum atomic E-state index is -0.320. The Morgan fingerprint density at radius 2 is 2.00 bits per heavy atom. The SMILES string of the molecule is Fc1ccc(-c2ccco2)cc1NCc1cc(-c2ccccn2)n[nH]1. The van der Waals surface area contributed by atoms with Crippen LogP contribution in [0.1, 0.15) is 5.69 Å². The number of aromatic nitrogens is 3. The first-order chi connectivity index (χ1) is 12.3. The molecule has 0 unspecified atom stereocenters. The van der Waals surface area contributed by atoms with Crippen LogP contribution in [0.2, 0.25) is 0 Å². The Balaban J connectivity index is 1.50. The van der Waals surface area contributed by atoms with Gasteiger partial charge in [-0.25, -0.2) is 4.39 Å². The third-order valence-electron chi connectivity index (χ3n) is 3.80. The van der Waals surface area contributed by atoms with Crippen molar-refractivity contribution >= 4 is 5.69 Å². The molecule has 1 aromatic carbocycles. The largest absolute Gasteiger partial charge is 0.464 e. The zero-order chi connectivity index (χ0) is 17.1. The summed E-state index contributed by atoms with van der Waals surface area (Å²) in [5.74, 6) is 0.377. The van der Waals surface area contributed by atoms with Gasteiger partial charge in [-0.3, -0.25) is 10.1 Å². The summed E-state index contributed by atoms with van der Waals surface area (Å²) in [5.41, 5.74) is 3.59. The fraction of sp³-hybridized carbons (Fsp3) is 0.0526. The summed E-state index contributed by atoms with van der Waals surface area (Å²) in [5, 5.41) is 10.3. The van der Waals surface area contributed by atoms with Crippen LogP contribution in [0.15, 0.2) is 71.5 Å². The summed E-state index contributed by atoms with van der Waals surface area (Å²) < 4.78 is 19.4. The first-order valence-electron chi connectivity index (χ1n) is 7.82. The van der Waals surface area contributed by atoms with Crippen LogP contribution in [0.5, 0.6) is 0 Å². The van der Waals surface area contributed by atoms with E-state index in [0.29, 0.717) is 18.0 Å². The number of furan rings is 1. The second-order valence-electron chi connectivity index (χ2n) is 5.52. The summed E-state index contributed by atoms with van der Waals surface area (Å²) in [6, 6.07) is 16.0. The Morgan fingerprint density at radius 1 is 1.04 bits per heavy atom. The van der Waals surface area contributed by atoms with E-state index in [1.165, 1.54) is 6.07 Å². The number of halogens is 1. The summed E-state index contributed by atoms with van der Waals surface area (Å²) in [7, 11) is 0. The van der Waals surface area contributed by atoms with E-state index >= 15 is 0 Å². The number of benzene rings is 1. The Labute approximate surface area is 143 Å². The van der Waals surface area contributed by atoms with E-state index in [1.807, 2.05) is 30.3 Å². The molecule has 0 saturated heterocycles. The highest BCUT2D eigenvalue weighted by atomic mass is 19.1. The lowest BCUT2D eigenvalue weighted by molar-refractivity contribution is 0.582. The monoisotopic (exact) mass is 334 g/mol. The second kappa shape index (κ2) is 6.60. The van der Waals surface area contributed by atoms with Crippen LogP contribution in [-0.2, 0) is 6.54 Å². The molecule has 4 rings (SSSR count). The average molecular weight is 334 g/mol. The minimum Gasteiger partial charge on any atom is -0.464 e. The molecule has 4 aromatic rings. The Hall–Kier alpha value is -3.41. The summed E-state index contributed by atoms with van der Waals surface area (Å²) in [6.45, 7) is 0.415. The molecule has 3 heterocycles. The van der Waals surface area contributed by atoms with Gasteiger partial charge in [0.15, 0.2) is 0 Å². The van der Waals surface area contributed by atoms with E-state index in [1.54, 1.807) is 30.7 Å². The van der Waals surface area contributed by atoms with Crippen molar-refractivity contribution in [2.24, 2.45) is 0 Å². The molecule has 124 valence electrons. The van der Waals surface area contributed by atoms with Crippen molar-refractivity contribution in [3.8, 4) is 22.7 Å². The maximum atomic E-state index is 14.1. The van der Waals surface area contributed by atoms with Crippen molar-refractivity contribution in [3.63, 3.8) is 0 Å². The summed E-state index contributed by atoms with van der Waals surface area (Å²) >= 11 is 0. The number of hydrogen-bond acceptors (Lipinski definition) is 4. The first kappa shape index (κ1) is 15.1. The van der Waals surface area contributed by atoms with Crippen LogP contribution in [0.4, 0.5) is 10.1 Å². The third kappa shape index (κ3) is 3.28. The van der Waals surface area contributed by atoms with Crippen molar-refractivity contribution in [1.29, 1.82) is 0 Å². The van der Waals surface area contributed by atoms with Gasteiger partial charge in [0.1, 0.15) is 17.3 Å². The predicted molar refractivity (Wildman–Crippen MR) is 93.2 cm³/mol. The Kier molecular flexibility index (Phi) is 4.00. The molecule has 0 amide bonds. The highest BCUT2D eigenvalue weighted by Gasteiger charge is 2.09. The topological polar surface area (TPSA) is 66.7 Å². The van der Waals surface area contributed by atoms with Crippen LogP contribution in [0, 0.1) is 5.82 Å². The number of nitrogens with one attached hydrogen (secondary N) is 2. The molecule has 0 radical (unpaired) electrons. The second-order valence-corrected chi connectivity index (χ2v) is 5.52. The molecule has 0 aliphatic heterocycles. The molecule has 0 aliphatic rings. The normalized spacial score (nSPS) is 10.8. The van der Waals surface area contributed by atoms with Gasteiger partial charge >= 0.3 is 0 Å². The number of hydrogen-bond donors (Lipinski definition) is 2. The highest BCUT2D eigenvalue weighted by molar-refractivity contribution is 5.64. The fourth-order valence-electron chi connectivity index (χ4n) is 2.54. The molecule has 0 atom stereocenters. The lowest BCUT2D eigenvalue weighted by atomic mass is 10.1. The van der Waals surface area contributed by atoms with Gasteiger partial charge in [-0.15, -0.1) is 0 Å². The number of anilines is 1. The van der Waals surface area contributed by atoms with Gasteiger partial charge in [0.2, 0.25) is 0 Å². The smallest absolute Gasteiger partial charge is 0.146 e. The van der Waals surface area contributed by atoms with Gasteiger partial charge in [0, 0.05) is 11.8 Å². The van der Waals surface area contributed by atoms with Gasteiger partial charge < -0.3 is 9.73 Å². The molecule has 2 N–H and O–H groups in total. The third-order valence-corrected chi connectivity index (χ3v) is 3.80. The van der Waals surface area contributed by atoms with Crippen LogP contribution >= 0.6 is 0 Å². The number of rotatable bonds is 5. The Morgan fingerprint density at radius 3 is 2.80 bits per heavy atom. The molecule has 3 aromatic heterocycles. The molecule has 0 saturated carbocycles. The van der Waals surface area contributed by atoms with Crippen LogP contribution < -0.4 is 5.32 Å². The lowest BCUT2D eigenvalue weighted by Crippen LogP contribution is -2.02. The zero-order valence-corrected chi connectivity index (χ0v) is 13.2. The van der Waals surface area contributed by atoms with Crippen molar-refractivity contribution in [2.75, 3.05) is 5.32 Å². The maximum absolute atomic E-state index is 14.1. The maximum Gasteiger partial charge on any atom is 0.146 e. The van der Waals surface area contributed by atoms with Crippen molar-refractivity contribution < 1.29 is 8.81 Å². The van der Waals surface area contributed by atoms with Gasteiger partial charge in [0.05, 0.1) is 29.9 Å². The molecule has 25 heavy (non-hydrogen) atoms. The molecule has 5 nitrogen and oxygen atoms in total. The standard InChI is InChI=1S/C19H15FN4O/c20-15-7-6-13(19-5-3-9-25-19)10-17(15)22-12-14-11-18(24-23-14)16-4-1-2-8-21-16/h1-11,22H,12H2,(H,23,24). The molecular formula is C19H15FN4O. The first-order valence-corrected chi connectivity index (χ1v) is 7.82. The Bertz CT molecular complexity index is 964. The van der Waals surface area contributed by atoms with Crippen LogP contribution in [0.3, 0.4) is 0 Å². The van der Waals surface area contributed by atoms with Gasteiger partial charge in [-0.05, 0) is 48.5 Å². The number of aromatic amines is 1. The molecule has 0 aliphatic carbocycles. The molecule has 0 bridgehead atoms. The van der Waals surface area contributed by atoms with E-state index in [-0.39, 0.29) is 5.82 Å². The predicted octanol–water partition coefficient (Wildman–Crippen LogP) is 4.48. The molecular weight excluding hydrogens is 319 g/mol. The van der Waals surface area contributed by atoms with E-state index < -0.39 is 0 Å². The zero-order valence-electron chi connectivity index (χ0n) is 13.2. The van der Waals surface area contributed by atoms with Crippen molar-refractivity contribution in [3.05, 3.63) is 78.6 Å². The summed E-state index contributed by atoms with van der Waals surface area (Å²) in [6.07, 6.45) is 3.31. The molecule has 0 spiro atoms. The van der Waals surface area contributed by atoms with Gasteiger partial charge in [-0.2, -0.15) is 5.10 Å². The van der Waals surface area contributed by atoms with E-state index in [4.69, 9.17) is 4.42 Å². The lowest BCUT2D eigenvalue weighted by Gasteiger charge is -2.08. The van der Waals surface area contributed by atoms with Gasteiger partial charge in [-0.1, -0.05) is 6.07 Å². The molecule has 6 heteroatoms. The van der Waals surface area contributed by atoms with Crippen LogP contribution in [0.25, 0.3) is 22.7 Å². The number of nitrogens with zero attached hydrogens (tertiary/aromatic N) is 2. The number of H-pyrrole nitrogens is 1. The minimum absolute atomic E-state index is 0.320. The van der Waals surface area contributed by atoms with Crippen LogP contribution in [-0.4, -0.2) is 15.2 Å². The highest BCUT2D eigenvalue weighted by Crippen LogP contribution is 2.25. The van der Waals surface area contributed by atoms with Crippen molar-refractivity contribution in [1.82, 2.24) is 15.2 Å². The van der Waals surface area contributed by atoms with Crippen molar-refractivity contribution in [2.45, 2.75) is 6.54 Å². The molecule has 0 fully saturated rings. The average Bonchev–Trinajstić information content (AvgIpc) is 3.34. The van der Waals surface area contributed by atoms with Gasteiger partial charge in [0.25, 0.3) is 0 Å². The summed E-state index contributed by atoms with van der Waals surface area (Å²) in [4.78, 5) is 4.26.